The van der Waals surface area contributed by atoms with Gasteiger partial charge < -0.3 is 10.6 Å². The molecule has 0 aliphatic carbocycles. The fourth-order valence-corrected chi connectivity index (χ4v) is 1.74. The molecule has 0 aliphatic rings. The van der Waals surface area contributed by atoms with E-state index in [0.29, 0.717) is 18.2 Å². The van der Waals surface area contributed by atoms with Gasteiger partial charge in [0.1, 0.15) is 11.6 Å². The average molecular weight is 344 g/mol. The van der Waals surface area contributed by atoms with Gasteiger partial charge in [-0.1, -0.05) is 0 Å². The van der Waals surface area contributed by atoms with Gasteiger partial charge in [0.2, 0.25) is 5.91 Å². The van der Waals surface area contributed by atoms with Gasteiger partial charge in [0.15, 0.2) is 17.5 Å². The molecule has 0 spiro atoms. The van der Waals surface area contributed by atoms with Crippen molar-refractivity contribution in [3.8, 4) is 0 Å². The minimum absolute atomic E-state index is 0.324. The highest BCUT2D eigenvalue weighted by Crippen LogP contribution is 2.16. The minimum atomic E-state index is -1.82. The third-order valence-electron chi connectivity index (χ3n) is 2.89. The molecule has 2 aromatic carbocycles. The normalized spacial score (nSPS) is 10.4. The van der Waals surface area contributed by atoms with Crippen molar-refractivity contribution in [2.24, 2.45) is 0 Å². The van der Waals surface area contributed by atoms with E-state index >= 15 is 0 Å². The Balaban J connectivity index is 1.99. The number of hydrogen-bond donors (Lipinski definition) is 2. The third kappa shape index (κ3) is 3.86. The molecule has 2 rings (SSSR count). The van der Waals surface area contributed by atoms with E-state index in [1.54, 1.807) is 0 Å². The number of hydrogen-bond acceptors (Lipinski definition) is 2. The lowest BCUT2D eigenvalue weighted by Crippen LogP contribution is -2.33. The van der Waals surface area contributed by atoms with Crippen molar-refractivity contribution >= 4 is 17.5 Å². The van der Waals surface area contributed by atoms with Gasteiger partial charge >= 0.3 is 0 Å². The van der Waals surface area contributed by atoms with Gasteiger partial charge in [-0.25, -0.2) is 22.0 Å². The number of amides is 2. The lowest BCUT2D eigenvalue weighted by atomic mass is 10.2. The standard InChI is InChI=1S/C15H9F5N2O2/c16-7-1-4-11(10(18)5-7)22-12(23)6-21-15(24)8-2-3-9(17)14(20)13(8)19/h1-5H,6H2,(H,21,24)(H,22,23). The van der Waals surface area contributed by atoms with Crippen molar-refractivity contribution in [1.82, 2.24) is 5.32 Å². The summed E-state index contributed by atoms with van der Waals surface area (Å²) in [4.78, 5) is 23.2. The monoisotopic (exact) mass is 344 g/mol. The van der Waals surface area contributed by atoms with Crippen LogP contribution in [0.25, 0.3) is 0 Å². The molecule has 0 heterocycles. The third-order valence-corrected chi connectivity index (χ3v) is 2.89. The van der Waals surface area contributed by atoms with E-state index in [1.807, 2.05) is 5.32 Å². The Kier molecular flexibility index (Phi) is 5.12. The maximum atomic E-state index is 13.4. The van der Waals surface area contributed by atoms with Crippen molar-refractivity contribution in [1.29, 1.82) is 0 Å². The van der Waals surface area contributed by atoms with Gasteiger partial charge in [0.05, 0.1) is 17.8 Å². The topological polar surface area (TPSA) is 58.2 Å². The summed E-state index contributed by atoms with van der Waals surface area (Å²) in [6, 6.07) is 3.69. The van der Waals surface area contributed by atoms with E-state index in [-0.39, 0.29) is 5.69 Å². The second-order valence-electron chi connectivity index (χ2n) is 4.58. The molecule has 24 heavy (non-hydrogen) atoms. The number of halogens is 5. The van der Waals surface area contributed by atoms with E-state index in [0.717, 1.165) is 12.1 Å². The molecule has 126 valence electrons. The lowest BCUT2D eigenvalue weighted by molar-refractivity contribution is -0.115. The first-order valence-corrected chi connectivity index (χ1v) is 6.46. The Bertz CT molecular complexity index is 811. The molecule has 0 aromatic heterocycles. The molecule has 0 saturated carbocycles. The van der Waals surface area contributed by atoms with Crippen LogP contribution in [0.5, 0.6) is 0 Å². The summed E-state index contributed by atoms with van der Waals surface area (Å²) < 4.78 is 65.3. The second kappa shape index (κ2) is 7.07. The first-order valence-electron chi connectivity index (χ1n) is 6.46. The van der Waals surface area contributed by atoms with E-state index in [4.69, 9.17) is 0 Å². The number of nitrogens with one attached hydrogen (secondary N) is 2. The van der Waals surface area contributed by atoms with Crippen molar-refractivity contribution in [2.75, 3.05) is 11.9 Å². The van der Waals surface area contributed by atoms with Crippen LogP contribution < -0.4 is 10.6 Å². The molecule has 0 radical (unpaired) electrons. The van der Waals surface area contributed by atoms with Gasteiger partial charge in [0, 0.05) is 6.07 Å². The van der Waals surface area contributed by atoms with E-state index in [9.17, 15) is 31.5 Å². The van der Waals surface area contributed by atoms with Crippen LogP contribution in [0.15, 0.2) is 30.3 Å². The Hall–Kier alpha value is -2.97. The largest absolute Gasteiger partial charge is 0.343 e. The lowest BCUT2D eigenvalue weighted by Gasteiger charge is -2.08. The van der Waals surface area contributed by atoms with Crippen molar-refractivity contribution in [3.63, 3.8) is 0 Å². The SMILES string of the molecule is O=C(CNC(=O)c1ccc(F)c(F)c1F)Nc1ccc(F)cc1F. The maximum Gasteiger partial charge on any atom is 0.254 e. The van der Waals surface area contributed by atoms with Gasteiger partial charge in [0.25, 0.3) is 5.91 Å². The van der Waals surface area contributed by atoms with Crippen LogP contribution in [0.3, 0.4) is 0 Å². The molecule has 2 aromatic rings. The summed E-state index contributed by atoms with van der Waals surface area (Å²) in [5.41, 5.74) is -1.12. The first kappa shape index (κ1) is 17.4. The zero-order valence-corrected chi connectivity index (χ0v) is 11.8. The predicted octanol–water partition coefficient (Wildman–Crippen LogP) is 2.75. The highest BCUT2D eigenvalue weighted by molar-refractivity contribution is 5.99. The minimum Gasteiger partial charge on any atom is -0.343 e. The zero-order chi connectivity index (χ0) is 17.9. The Morgan fingerprint density at radius 2 is 1.58 bits per heavy atom. The van der Waals surface area contributed by atoms with E-state index in [2.05, 4.69) is 5.32 Å². The summed E-state index contributed by atoms with van der Waals surface area (Å²) >= 11 is 0. The second-order valence-corrected chi connectivity index (χ2v) is 4.58. The molecule has 0 atom stereocenters. The quantitative estimate of drug-likeness (QED) is 0.662. The number of rotatable bonds is 4. The Labute approximate surface area is 132 Å². The maximum absolute atomic E-state index is 13.4. The summed E-state index contributed by atoms with van der Waals surface area (Å²) in [5, 5.41) is 4.02. The molecule has 0 fully saturated rings. The number of carbonyl (C=O) groups excluding carboxylic acids is 2. The van der Waals surface area contributed by atoms with Gasteiger partial charge in [-0.2, -0.15) is 0 Å². The van der Waals surface area contributed by atoms with Crippen LogP contribution in [0, 0.1) is 29.1 Å². The average Bonchev–Trinajstić information content (AvgIpc) is 2.53. The highest BCUT2D eigenvalue weighted by atomic mass is 19.2. The van der Waals surface area contributed by atoms with Crippen molar-refractivity contribution in [3.05, 3.63) is 65.0 Å². The molecule has 9 heteroatoms. The molecule has 0 bridgehead atoms. The summed E-state index contributed by atoms with van der Waals surface area (Å²) in [6.07, 6.45) is 0. The summed E-state index contributed by atoms with van der Waals surface area (Å²) in [7, 11) is 0. The highest BCUT2D eigenvalue weighted by Gasteiger charge is 2.19. The van der Waals surface area contributed by atoms with Crippen LogP contribution in [0.2, 0.25) is 0 Å². The first-order chi connectivity index (χ1) is 11.3. The molecule has 0 unspecified atom stereocenters. The fourth-order valence-electron chi connectivity index (χ4n) is 1.74. The number of carbonyl (C=O) groups is 2. The Morgan fingerprint density at radius 3 is 2.25 bits per heavy atom. The molecule has 0 aliphatic heterocycles. The zero-order valence-electron chi connectivity index (χ0n) is 11.8. The van der Waals surface area contributed by atoms with Gasteiger partial charge in [-0.05, 0) is 24.3 Å². The van der Waals surface area contributed by atoms with Crippen LogP contribution in [-0.2, 0) is 4.79 Å². The van der Waals surface area contributed by atoms with Crippen molar-refractivity contribution < 1.29 is 31.5 Å². The van der Waals surface area contributed by atoms with E-state index < -0.39 is 53.0 Å². The number of anilines is 1. The molecule has 4 nitrogen and oxygen atoms in total. The van der Waals surface area contributed by atoms with Gasteiger partial charge in [-0.15, -0.1) is 0 Å². The molecule has 0 saturated heterocycles. The summed E-state index contributed by atoms with van der Waals surface area (Å²) in [5.74, 6) is -8.90. The fraction of sp³-hybridized carbons (Fsp3) is 0.0667. The van der Waals surface area contributed by atoms with Crippen molar-refractivity contribution in [2.45, 2.75) is 0 Å². The van der Waals surface area contributed by atoms with E-state index in [1.165, 1.54) is 0 Å². The van der Waals surface area contributed by atoms with Crippen LogP contribution >= 0.6 is 0 Å². The molecular formula is C15H9F5N2O2. The molecular weight excluding hydrogens is 335 g/mol. The Morgan fingerprint density at radius 1 is 0.875 bits per heavy atom. The van der Waals surface area contributed by atoms with Crippen LogP contribution in [-0.4, -0.2) is 18.4 Å². The van der Waals surface area contributed by atoms with Crippen LogP contribution in [0.4, 0.5) is 27.6 Å². The molecule has 2 N–H and O–H groups in total. The van der Waals surface area contributed by atoms with Gasteiger partial charge in [-0.3, -0.25) is 9.59 Å². The molecule has 2 amide bonds. The predicted molar refractivity (Wildman–Crippen MR) is 73.6 cm³/mol. The smallest absolute Gasteiger partial charge is 0.254 e. The summed E-state index contributed by atoms with van der Waals surface area (Å²) in [6.45, 7) is -0.700. The van der Waals surface area contributed by atoms with Crippen LogP contribution in [0.1, 0.15) is 10.4 Å². The number of benzene rings is 2.